The summed E-state index contributed by atoms with van der Waals surface area (Å²) in [4.78, 5) is 0. The second kappa shape index (κ2) is 5.97. The van der Waals surface area contributed by atoms with Crippen molar-refractivity contribution in [2.75, 3.05) is 12.8 Å². The van der Waals surface area contributed by atoms with Crippen molar-refractivity contribution >= 4 is 21.6 Å². The van der Waals surface area contributed by atoms with Crippen molar-refractivity contribution in [2.45, 2.75) is 13.0 Å². The fourth-order valence-electron chi connectivity index (χ4n) is 1.77. The molecule has 1 atom stereocenters. The van der Waals surface area contributed by atoms with Crippen LogP contribution in [0.1, 0.15) is 18.6 Å². The normalized spacial score (nSPS) is 11.9. The topological polar surface area (TPSA) is 44.5 Å². The van der Waals surface area contributed by atoms with Gasteiger partial charge >= 0.3 is 0 Å². The Balaban J connectivity index is 2.17. The molecule has 0 fully saturated rings. The Labute approximate surface area is 121 Å². The molecule has 2 N–H and O–H groups in total. The van der Waals surface area contributed by atoms with E-state index in [1.54, 1.807) is 7.11 Å². The van der Waals surface area contributed by atoms with Crippen molar-refractivity contribution in [1.29, 1.82) is 0 Å². The monoisotopic (exact) mass is 321 g/mol. The Morgan fingerprint density at radius 1 is 1.16 bits per heavy atom. The standard InChI is InChI=1S/C15H16BrNO2/c1-10(11-4-3-5-12(17)8-11)19-15-7-6-13(18-2)9-14(15)16/h3-10H,17H2,1-2H3. The van der Waals surface area contributed by atoms with Gasteiger partial charge in [0.1, 0.15) is 17.6 Å². The van der Waals surface area contributed by atoms with E-state index in [0.717, 1.165) is 27.2 Å². The number of nitrogens with two attached hydrogens (primary N) is 1. The van der Waals surface area contributed by atoms with E-state index in [-0.39, 0.29) is 6.10 Å². The maximum atomic E-state index is 5.93. The Morgan fingerprint density at radius 2 is 1.95 bits per heavy atom. The zero-order valence-corrected chi connectivity index (χ0v) is 12.5. The molecule has 0 bridgehead atoms. The molecule has 0 aliphatic carbocycles. The molecule has 4 heteroatoms. The summed E-state index contributed by atoms with van der Waals surface area (Å²) in [5.74, 6) is 1.56. The Hall–Kier alpha value is -1.68. The van der Waals surface area contributed by atoms with Crippen molar-refractivity contribution < 1.29 is 9.47 Å². The number of halogens is 1. The fourth-order valence-corrected chi connectivity index (χ4v) is 2.23. The van der Waals surface area contributed by atoms with Gasteiger partial charge in [-0.25, -0.2) is 0 Å². The highest BCUT2D eigenvalue weighted by Gasteiger charge is 2.10. The fraction of sp³-hybridized carbons (Fsp3) is 0.200. The summed E-state index contributed by atoms with van der Waals surface area (Å²) >= 11 is 3.47. The lowest BCUT2D eigenvalue weighted by Crippen LogP contribution is -2.04. The van der Waals surface area contributed by atoms with Crippen LogP contribution in [0.5, 0.6) is 11.5 Å². The number of anilines is 1. The van der Waals surface area contributed by atoms with E-state index < -0.39 is 0 Å². The van der Waals surface area contributed by atoms with Crippen LogP contribution in [0.2, 0.25) is 0 Å². The number of ether oxygens (including phenoxy) is 2. The molecule has 0 amide bonds. The smallest absolute Gasteiger partial charge is 0.134 e. The Kier molecular flexibility index (Phi) is 4.32. The van der Waals surface area contributed by atoms with Crippen LogP contribution in [0.4, 0.5) is 5.69 Å². The molecule has 0 aliphatic heterocycles. The molecule has 0 aromatic heterocycles. The average molecular weight is 322 g/mol. The molecule has 2 aromatic rings. The lowest BCUT2D eigenvalue weighted by molar-refractivity contribution is 0.225. The van der Waals surface area contributed by atoms with Gasteiger partial charge in [-0.1, -0.05) is 12.1 Å². The van der Waals surface area contributed by atoms with Crippen LogP contribution in [0.15, 0.2) is 46.9 Å². The van der Waals surface area contributed by atoms with E-state index in [1.165, 1.54) is 0 Å². The molecule has 0 heterocycles. The number of rotatable bonds is 4. The SMILES string of the molecule is COc1ccc(OC(C)c2cccc(N)c2)c(Br)c1. The minimum atomic E-state index is -0.0757. The van der Waals surface area contributed by atoms with Gasteiger partial charge in [0.2, 0.25) is 0 Å². The van der Waals surface area contributed by atoms with Crippen LogP contribution < -0.4 is 15.2 Å². The zero-order valence-electron chi connectivity index (χ0n) is 10.9. The van der Waals surface area contributed by atoms with Crippen LogP contribution >= 0.6 is 15.9 Å². The van der Waals surface area contributed by atoms with Crippen molar-refractivity contribution in [3.05, 3.63) is 52.5 Å². The van der Waals surface area contributed by atoms with Gasteiger partial charge in [0.15, 0.2) is 0 Å². The first-order valence-corrected chi connectivity index (χ1v) is 6.75. The van der Waals surface area contributed by atoms with Gasteiger partial charge in [0.25, 0.3) is 0 Å². The molecular formula is C15H16BrNO2. The Morgan fingerprint density at radius 3 is 2.58 bits per heavy atom. The van der Waals surface area contributed by atoms with Crippen molar-refractivity contribution in [3.63, 3.8) is 0 Å². The minimum Gasteiger partial charge on any atom is -0.497 e. The number of benzene rings is 2. The summed E-state index contributed by atoms with van der Waals surface area (Å²) in [6.45, 7) is 1.99. The molecule has 0 spiro atoms. The third-order valence-corrected chi connectivity index (χ3v) is 3.44. The summed E-state index contributed by atoms with van der Waals surface area (Å²) in [6.07, 6.45) is -0.0757. The second-order valence-electron chi connectivity index (χ2n) is 4.23. The van der Waals surface area contributed by atoms with E-state index in [0.29, 0.717) is 0 Å². The number of methoxy groups -OCH3 is 1. The molecule has 0 saturated heterocycles. The molecule has 19 heavy (non-hydrogen) atoms. The molecule has 1 unspecified atom stereocenters. The highest BCUT2D eigenvalue weighted by atomic mass is 79.9. The maximum absolute atomic E-state index is 5.93. The van der Waals surface area contributed by atoms with Crippen LogP contribution in [-0.2, 0) is 0 Å². The van der Waals surface area contributed by atoms with Gasteiger partial charge < -0.3 is 15.2 Å². The zero-order chi connectivity index (χ0) is 13.8. The van der Waals surface area contributed by atoms with E-state index in [4.69, 9.17) is 15.2 Å². The van der Waals surface area contributed by atoms with Crippen molar-refractivity contribution in [3.8, 4) is 11.5 Å². The van der Waals surface area contributed by atoms with Crippen LogP contribution in [0.25, 0.3) is 0 Å². The summed E-state index contributed by atoms with van der Waals surface area (Å²) in [5.41, 5.74) is 7.56. The summed E-state index contributed by atoms with van der Waals surface area (Å²) < 4.78 is 11.9. The average Bonchev–Trinajstić information content (AvgIpc) is 2.41. The Bertz CT molecular complexity index is 572. The predicted octanol–water partition coefficient (Wildman–Crippen LogP) is 4.18. The summed E-state index contributed by atoms with van der Waals surface area (Å²) in [7, 11) is 1.64. The molecule has 2 aromatic carbocycles. The quantitative estimate of drug-likeness (QED) is 0.859. The van der Waals surface area contributed by atoms with E-state index >= 15 is 0 Å². The van der Waals surface area contributed by atoms with Gasteiger partial charge in [-0.3, -0.25) is 0 Å². The third kappa shape index (κ3) is 3.41. The molecule has 0 aliphatic rings. The maximum Gasteiger partial charge on any atom is 0.134 e. The number of hydrogen-bond acceptors (Lipinski definition) is 3. The first-order chi connectivity index (χ1) is 9.10. The van der Waals surface area contributed by atoms with Crippen LogP contribution in [0.3, 0.4) is 0 Å². The molecular weight excluding hydrogens is 306 g/mol. The van der Waals surface area contributed by atoms with Crippen molar-refractivity contribution in [2.24, 2.45) is 0 Å². The van der Waals surface area contributed by atoms with Gasteiger partial charge in [-0.05, 0) is 58.7 Å². The molecule has 0 saturated carbocycles. The van der Waals surface area contributed by atoms with Gasteiger partial charge in [-0.2, -0.15) is 0 Å². The predicted molar refractivity (Wildman–Crippen MR) is 80.6 cm³/mol. The summed E-state index contributed by atoms with van der Waals surface area (Å²) in [6, 6.07) is 13.3. The van der Waals surface area contributed by atoms with Crippen LogP contribution in [0, 0.1) is 0 Å². The van der Waals surface area contributed by atoms with E-state index in [1.807, 2.05) is 49.4 Å². The molecule has 100 valence electrons. The van der Waals surface area contributed by atoms with E-state index in [2.05, 4.69) is 15.9 Å². The third-order valence-electron chi connectivity index (χ3n) is 2.82. The largest absolute Gasteiger partial charge is 0.497 e. The van der Waals surface area contributed by atoms with Crippen LogP contribution in [-0.4, -0.2) is 7.11 Å². The summed E-state index contributed by atoms with van der Waals surface area (Å²) in [5, 5.41) is 0. The van der Waals surface area contributed by atoms with Gasteiger partial charge in [-0.15, -0.1) is 0 Å². The highest BCUT2D eigenvalue weighted by Crippen LogP contribution is 2.32. The molecule has 0 radical (unpaired) electrons. The lowest BCUT2D eigenvalue weighted by atomic mass is 10.1. The van der Waals surface area contributed by atoms with Gasteiger partial charge in [0.05, 0.1) is 11.6 Å². The second-order valence-corrected chi connectivity index (χ2v) is 5.08. The van der Waals surface area contributed by atoms with Crippen molar-refractivity contribution in [1.82, 2.24) is 0 Å². The first-order valence-electron chi connectivity index (χ1n) is 5.96. The van der Waals surface area contributed by atoms with Gasteiger partial charge in [0, 0.05) is 5.69 Å². The molecule has 2 rings (SSSR count). The molecule has 3 nitrogen and oxygen atoms in total. The minimum absolute atomic E-state index is 0.0757. The lowest BCUT2D eigenvalue weighted by Gasteiger charge is -2.17. The first kappa shape index (κ1) is 13.7. The number of hydrogen-bond donors (Lipinski definition) is 1. The van der Waals surface area contributed by atoms with E-state index in [9.17, 15) is 0 Å². The number of nitrogen functional groups attached to an aromatic ring is 1. The highest BCUT2D eigenvalue weighted by molar-refractivity contribution is 9.10.